The summed E-state index contributed by atoms with van der Waals surface area (Å²) in [6.45, 7) is 0. The molecule has 1 aliphatic rings. The van der Waals surface area contributed by atoms with Crippen LogP contribution in [-0.2, 0) is 13.8 Å². The van der Waals surface area contributed by atoms with Crippen molar-refractivity contribution in [3.8, 4) is 0 Å². The molecule has 20 heavy (non-hydrogen) atoms. The molecule has 0 saturated heterocycles. The molecular formula is C12H11Cl3O4S. The van der Waals surface area contributed by atoms with Gasteiger partial charge < -0.3 is 4.74 Å². The smallest absolute Gasteiger partial charge is 0.339 e. The molecule has 110 valence electrons. The second-order valence-electron chi connectivity index (χ2n) is 4.51. The standard InChI is InChI=1S/C12H11Cl3O4S/c13-9-6-10(14)11(20(15,17)18)5-8(9)12(16)19-7-3-1-2-4-7/h5-7H,1-4H2. The second kappa shape index (κ2) is 6.10. The van der Waals surface area contributed by atoms with Gasteiger partial charge in [0.05, 0.1) is 15.6 Å². The Morgan fingerprint density at radius 3 is 2.30 bits per heavy atom. The van der Waals surface area contributed by atoms with Gasteiger partial charge >= 0.3 is 5.97 Å². The minimum atomic E-state index is -4.06. The monoisotopic (exact) mass is 356 g/mol. The van der Waals surface area contributed by atoms with Crippen LogP contribution in [-0.4, -0.2) is 20.5 Å². The van der Waals surface area contributed by atoms with Crippen LogP contribution in [0.5, 0.6) is 0 Å². The molecule has 0 bridgehead atoms. The summed E-state index contributed by atoms with van der Waals surface area (Å²) in [5.41, 5.74) is -0.0535. The summed E-state index contributed by atoms with van der Waals surface area (Å²) in [7, 11) is 1.20. The number of carbonyl (C=O) groups is 1. The zero-order valence-corrected chi connectivity index (χ0v) is 13.3. The maximum Gasteiger partial charge on any atom is 0.339 e. The van der Waals surface area contributed by atoms with E-state index in [-0.39, 0.29) is 26.6 Å². The largest absolute Gasteiger partial charge is 0.459 e. The van der Waals surface area contributed by atoms with E-state index in [4.69, 9.17) is 38.6 Å². The molecule has 0 unspecified atom stereocenters. The second-order valence-corrected chi connectivity index (χ2v) is 7.86. The van der Waals surface area contributed by atoms with E-state index in [9.17, 15) is 13.2 Å². The lowest BCUT2D eigenvalue weighted by molar-refractivity contribution is 0.0318. The van der Waals surface area contributed by atoms with Crippen molar-refractivity contribution in [3.05, 3.63) is 27.7 Å². The van der Waals surface area contributed by atoms with Gasteiger partial charge in [0.15, 0.2) is 0 Å². The van der Waals surface area contributed by atoms with Crippen molar-refractivity contribution in [2.75, 3.05) is 0 Å². The number of benzene rings is 1. The molecule has 0 N–H and O–H groups in total. The van der Waals surface area contributed by atoms with Crippen molar-refractivity contribution >= 4 is 48.9 Å². The van der Waals surface area contributed by atoms with Gasteiger partial charge in [-0.3, -0.25) is 0 Å². The first-order chi connectivity index (χ1) is 9.29. The van der Waals surface area contributed by atoms with Crippen LogP contribution in [0.1, 0.15) is 36.0 Å². The zero-order valence-electron chi connectivity index (χ0n) is 10.2. The molecule has 8 heteroatoms. The summed E-state index contributed by atoms with van der Waals surface area (Å²) in [5.74, 6) is -0.667. The number of ether oxygens (including phenoxy) is 1. The fraction of sp³-hybridized carbons (Fsp3) is 0.417. The highest BCUT2D eigenvalue weighted by molar-refractivity contribution is 8.13. The average Bonchev–Trinajstić information content (AvgIpc) is 2.79. The molecule has 1 saturated carbocycles. The quantitative estimate of drug-likeness (QED) is 0.605. The summed E-state index contributed by atoms with van der Waals surface area (Å²) >= 11 is 11.7. The molecule has 0 aromatic heterocycles. The molecule has 2 rings (SSSR count). The molecule has 1 aromatic carbocycles. The summed E-state index contributed by atoms with van der Waals surface area (Å²) in [6, 6.07) is 2.22. The van der Waals surface area contributed by atoms with E-state index in [1.54, 1.807) is 0 Å². The van der Waals surface area contributed by atoms with Gasteiger partial charge in [-0.1, -0.05) is 23.2 Å². The minimum Gasteiger partial charge on any atom is -0.459 e. The average molecular weight is 358 g/mol. The third kappa shape index (κ3) is 3.58. The molecule has 1 aliphatic carbocycles. The van der Waals surface area contributed by atoms with Crippen molar-refractivity contribution in [1.82, 2.24) is 0 Å². The Balaban J connectivity index is 2.33. The first-order valence-electron chi connectivity index (χ1n) is 5.93. The molecule has 4 nitrogen and oxygen atoms in total. The van der Waals surface area contributed by atoms with Crippen molar-refractivity contribution in [2.24, 2.45) is 0 Å². The van der Waals surface area contributed by atoms with Crippen molar-refractivity contribution in [1.29, 1.82) is 0 Å². The Kier molecular flexibility index (Phi) is 4.84. The predicted molar refractivity (Wildman–Crippen MR) is 77.2 cm³/mol. The van der Waals surface area contributed by atoms with Crippen LogP contribution in [0, 0.1) is 0 Å². The summed E-state index contributed by atoms with van der Waals surface area (Å²) in [5, 5.41) is -0.107. The molecule has 0 spiro atoms. The van der Waals surface area contributed by atoms with E-state index in [0.717, 1.165) is 31.7 Å². The Morgan fingerprint density at radius 1 is 1.15 bits per heavy atom. The summed E-state index contributed by atoms with van der Waals surface area (Å²) in [6.07, 6.45) is 3.47. The fourth-order valence-corrected chi connectivity index (χ4v) is 3.91. The highest BCUT2D eigenvalue weighted by Crippen LogP contribution is 2.32. The number of esters is 1. The van der Waals surface area contributed by atoms with E-state index in [1.165, 1.54) is 6.07 Å². The third-order valence-electron chi connectivity index (χ3n) is 3.08. The van der Waals surface area contributed by atoms with E-state index in [2.05, 4.69) is 0 Å². The van der Waals surface area contributed by atoms with E-state index >= 15 is 0 Å². The first-order valence-corrected chi connectivity index (χ1v) is 9.00. The van der Waals surface area contributed by atoms with Crippen molar-refractivity contribution in [2.45, 2.75) is 36.7 Å². The van der Waals surface area contributed by atoms with Crippen LogP contribution in [0.15, 0.2) is 17.0 Å². The topological polar surface area (TPSA) is 60.4 Å². The molecule has 0 amide bonds. The van der Waals surface area contributed by atoms with Gasteiger partial charge in [-0.2, -0.15) is 0 Å². The Bertz CT molecular complexity index is 636. The van der Waals surface area contributed by atoms with E-state index in [1.807, 2.05) is 0 Å². The highest BCUT2D eigenvalue weighted by Gasteiger charge is 2.25. The van der Waals surface area contributed by atoms with Crippen molar-refractivity contribution in [3.63, 3.8) is 0 Å². The van der Waals surface area contributed by atoms with Crippen LogP contribution in [0.25, 0.3) is 0 Å². The third-order valence-corrected chi connectivity index (χ3v) is 5.18. The Morgan fingerprint density at radius 2 is 1.75 bits per heavy atom. The maximum atomic E-state index is 12.0. The molecule has 0 radical (unpaired) electrons. The number of rotatable bonds is 3. The first kappa shape index (κ1) is 15.9. The Hall–Kier alpha value is -0.490. The fourth-order valence-electron chi connectivity index (χ4n) is 2.09. The SMILES string of the molecule is O=C(OC1CCCC1)c1cc(S(=O)(=O)Cl)c(Cl)cc1Cl. The number of hydrogen-bond donors (Lipinski definition) is 0. The molecule has 0 aliphatic heterocycles. The van der Waals surface area contributed by atoms with Gasteiger partial charge in [-0.05, 0) is 37.8 Å². The van der Waals surface area contributed by atoms with Crippen LogP contribution in [0.4, 0.5) is 0 Å². The van der Waals surface area contributed by atoms with Gasteiger partial charge in [0.25, 0.3) is 9.05 Å². The molecule has 1 aromatic rings. The van der Waals surface area contributed by atoms with E-state index in [0.29, 0.717) is 0 Å². The van der Waals surface area contributed by atoms with Crippen LogP contribution < -0.4 is 0 Å². The van der Waals surface area contributed by atoms with Gasteiger partial charge in [0.2, 0.25) is 0 Å². The zero-order chi connectivity index (χ0) is 14.9. The maximum absolute atomic E-state index is 12.0. The number of halogens is 3. The highest BCUT2D eigenvalue weighted by atomic mass is 35.7. The van der Waals surface area contributed by atoms with Gasteiger partial charge in [0.1, 0.15) is 11.0 Å². The van der Waals surface area contributed by atoms with E-state index < -0.39 is 15.0 Å². The summed E-state index contributed by atoms with van der Waals surface area (Å²) in [4.78, 5) is 11.7. The minimum absolute atomic E-state index is 0.0297. The number of hydrogen-bond acceptors (Lipinski definition) is 4. The molecule has 0 heterocycles. The molecule has 1 fully saturated rings. The normalized spacial score (nSPS) is 16.4. The lowest BCUT2D eigenvalue weighted by atomic mass is 10.2. The van der Waals surface area contributed by atoms with Gasteiger partial charge in [0, 0.05) is 10.7 Å². The van der Waals surface area contributed by atoms with Gasteiger partial charge in [-0.15, -0.1) is 0 Å². The Labute approximate surface area is 131 Å². The number of carbonyl (C=O) groups excluding carboxylic acids is 1. The molecular weight excluding hydrogens is 347 g/mol. The van der Waals surface area contributed by atoms with Crippen LogP contribution >= 0.6 is 33.9 Å². The lowest BCUT2D eigenvalue weighted by Crippen LogP contribution is -2.15. The van der Waals surface area contributed by atoms with Gasteiger partial charge in [-0.25, -0.2) is 13.2 Å². The summed E-state index contributed by atoms with van der Waals surface area (Å²) < 4.78 is 28.0. The van der Waals surface area contributed by atoms with Crippen LogP contribution in [0.3, 0.4) is 0 Å². The predicted octanol–water partition coefficient (Wildman–Crippen LogP) is 4.02. The lowest BCUT2D eigenvalue weighted by Gasteiger charge is -2.13. The molecule has 0 atom stereocenters. The van der Waals surface area contributed by atoms with Crippen molar-refractivity contribution < 1.29 is 17.9 Å². The van der Waals surface area contributed by atoms with Crippen LogP contribution in [0.2, 0.25) is 10.0 Å².